The number of carbonyl (C=O) groups excluding carboxylic acids is 2. The first kappa shape index (κ1) is 19.7. The first-order chi connectivity index (χ1) is 12.4. The topological polar surface area (TPSA) is 58.6 Å². The molecule has 5 heteroatoms. The van der Waals surface area contributed by atoms with E-state index in [1.165, 1.54) is 6.92 Å². The monoisotopic (exact) mass is 354 g/mol. The molecule has 5 nitrogen and oxygen atoms in total. The van der Waals surface area contributed by atoms with Crippen LogP contribution in [0.1, 0.15) is 34.5 Å². The van der Waals surface area contributed by atoms with Gasteiger partial charge in [-0.2, -0.15) is 0 Å². The van der Waals surface area contributed by atoms with Crippen LogP contribution in [0.2, 0.25) is 0 Å². The van der Waals surface area contributed by atoms with Crippen LogP contribution in [0.5, 0.6) is 5.75 Å². The first-order valence-corrected chi connectivity index (χ1v) is 8.58. The number of nitrogens with one attached hydrogen (secondary N) is 1. The van der Waals surface area contributed by atoms with Crippen molar-refractivity contribution in [2.24, 2.45) is 0 Å². The van der Waals surface area contributed by atoms with E-state index in [4.69, 9.17) is 4.74 Å². The summed E-state index contributed by atoms with van der Waals surface area (Å²) < 4.78 is 5.31. The van der Waals surface area contributed by atoms with Crippen LogP contribution in [0.25, 0.3) is 0 Å². The third kappa shape index (κ3) is 5.17. The zero-order valence-electron chi connectivity index (χ0n) is 15.8. The number of methoxy groups -OCH3 is 1. The molecule has 0 spiro atoms. The number of carbonyl (C=O) groups is 2. The summed E-state index contributed by atoms with van der Waals surface area (Å²) in [6.07, 6.45) is 0.166. The van der Waals surface area contributed by atoms with Crippen LogP contribution in [-0.4, -0.2) is 44.3 Å². The molecule has 2 aromatic carbocycles. The van der Waals surface area contributed by atoms with Crippen LogP contribution in [0.15, 0.2) is 48.5 Å². The Morgan fingerprint density at radius 2 is 1.81 bits per heavy atom. The molecule has 0 aliphatic carbocycles. The number of nitrogens with zero attached hydrogens (tertiary/aromatic N) is 1. The number of ketones is 1. The Kier molecular flexibility index (Phi) is 6.92. The van der Waals surface area contributed by atoms with E-state index in [2.05, 4.69) is 22.3 Å². The van der Waals surface area contributed by atoms with Crippen LogP contribution >= 0.6 is 0 Å². The van der Waals surface area contributed by atoms with Gasteiger partial charge < -0.3 is 15.0 Å². The normalized spacial score (nSPS) is 11.9. The molecule has 138 valence electrons. The molecule has 2 aromatic rings. The molecular weight excluding hydrogens is 328 g/mol. The second-order valence-electron chi connectivity index (χ2n) is 6.45. The van der Waals surface area contributed by atoms with Crippen molar-refractivity contribution in [2.75, 3.05) is 27.7 Å². The third-order valence-corrected chi connectivity index (χ3v) is 4.34. The summed E-state index contributed by atoms with van der Waals surface area (Å²) in [6.45, 7) is 2.01. The SMILES string of the molecule is COc1ccc(C(C)=O)cc1CC(=O)NC[C@@H](c1ccccc1)N(C)C. The van der Waals surface area contributed by atoms with E-state index in [1.54, 1.807) is 25.3 Å². The average molecular weight is 354 g/mol. The van der Waals surface area contributed by atoms with Gasteiger partial charge in [0.15, 0.2) is 5.78 Å². The lowest BCUT2D eigenvalue weighted by Gasteiger charge is -2.25. The highest BCUT2D eigenvalue weighted by molar-refractivity contribution is 5.94. The Labute approximate surface area is 155 Å². The zero-order chi connectivity index (χ0) is 19.1. The molecule has 1 atom stereocenters. The van der Waals surface area contributed by atoms with Gasteiger partial charge in [-0.05, 0) is 44.8 Å². The Balaban J connectivity index is 2.06. The molecule has 0 unspecified atom stereocenters. The summed E-state index contributed by atoms with van der Waals surface area (Å²) >= 11 is 0. The standard InChI is InChI=1S/C21H26N2O3/c1-15(24)17-10-11-20(26-4)18(12-17)13-21(25)22-14-19(23(2)3)16-8-6-5-7-9-16/h5-12,19H,13-14H2,1-4H3,(H,22,25)/t19-/m0/s1. The highest BCUT2D eigenvalue weighted by Gasteiger charge is 2.16. The molecule has 26 heavy (non-hydrogen) atoms. The summed E-state index contributed by atoms with van der Waals surface area (Å²) in [6, 6.07) is 15.3. The third-order valence-electron chi connectivity index (χ3n) is 4.34. The van der Waals surface area contributed by atoms with E-state index in [1.807, 2.05) is 32.3 Å². The summed E-state index contributed by atoms with van der Waals surface area (Å²) in [5.74, 6) is 0.468. The average Bonchev–Trinajstić information content (AvgIpc) is 2.62. The minimum Gasteiger partial charge on any atom is -0.496 e. The van der Waals surface area contributed by atoms with Crippen LogP contribution < -0.4 is 10.1 Å². The molecule has 1 amide bonds. The number of amides is 1. The van der Waals surface area contributed by atoms with Crippen molar-refractivity contribution < 1.29 is 14.3 Å². The molecular formula is C21H26N2O3. The first-order valence-electron chi connectivity index (χ1n) is 8.58. The van der Waals surface area contributed by atoms with Gasteiger partial charge in [-0.1, -0.05) is 30.3 Å². The maximum absolute atomic E-state index is 12.5. The molecule has 0 aliphatic rings. The Morgan fingerprint density at radius 3 is 2.38 bits per heavy atom. The van der Waals surface area contributed by atoms with Crippen molar-refractivity contribution in [2.45, 2.75) is 19.4 Å². The van der Waals surface area contributed by atoms with Gasteiger partial charge in [-0.25, -0.2) is 0 Å². The lowest BCUT2D eigenvalue weighted by atomic mass is 10.0. The van der Waals surface area contributed by atoms with Gasteiger partial charge in [0.2, 0.25) is 5.91 Å². The molecule has 0 aliphatic heterocycles. The smallest absolute Gasteiger partial charge is 0.224 e. The number of ether oxygens (including phenoxy) is 1. The van der Waals surface area contributed by atoms with Gasteiger partial charge in [0.05, 0.1) is 19.6 Å². The fraction of sp³-hybridized carbons (Fsp3) is 0.333. The van der Waals surface area contributed by atoms with E-state index < -0.39 is 0 Å². The van der Waals surface area contributed by atoms with Crippen molar-refractivity contribution in [1.82, 2.24) is 10.2 Å². The molecule has 0 fully saturated rings. The van der Waals surface area contributed by atoms with Crippen molar-refractivity contribution in [3.8, 4) is 5.75 Å². The summed E-state index contributed by atoms with van der Waals surface area (Å²) in [5, 5.41) is 2.99. The van der Waals surface area contributed by atoms with Gasteiger partial charge in [0.25, 0.3) is 0 Å². The van der Waals surface area contributed by atoms with Crippen LogP contribution in [0.4, 0.5) is 0 Å². The second kappa shape index (κ2) is 9.15. The highest BCUT2D eigenvalue weighted by Crippen LogP contribution is 2.21. The van der Waals surface area contributed by atoms with E-state index in [-0.39, 0.29) is 24.2 Å². The van der Waals surface area contributed by atoms with Crippen LogP contribution in [-0.2, 0) is 11.2 Å². The number of likely N-dealkylation sites (N-methyl/N-ethyl adjacent to an activating group) is 1. The van der Waals surface area contributed by atoms with E-state index in [0.717, 1.165) is 5.56 Å². The molecule has 0 saturated heterocycles. The lowest BCUT2D eigenvalue weighted by Crippen LogP contribution is -2.35. The fourth-order valence-corrected chi connectivity index (χ4v) is 2.86. The zero-order valence-corrected chi connectivity index (χ0v) is 15.8. The number of hydrogen-bond donors (Lipinski definition) is 1. The molecule has 0 heterocycles. The number of Topliss-reactive ketones (excluding diaryl/α,β-unsaturated/α-hetero) is 1. The van der Waals surface area contributed by atoms with E-state index in [0.29, 0.717) is 23.4 Å². The quantitative estimate of drug-likeness (QED) is 0.741. The molecule has 0 saturated carbocycles. The van der Waals surface area contributed by atoms with Gasteiger partial charge in [-0.15, -0.1) is 0 Å². The largest absolute Gasteiger partial charge is 0.496 e. The number of rotatable bonds is 8. The van der Waals surface area contributed by atoms with Crippen LogP contribution in [0, 0.1) is 0 Å². The number of hydrogen-bond acceptors (Lipinski definition) is 4. The Morgan fingerprint density at radius 1 is 1.12 bits per heavy atom. The molecule has 0 bridgehead atoms. The fourth-order valence-electron chi connectivity index (χ4n) is 2.86. The minimum atomic E-state index is -0.105. The Hall–Kier alpha value is -2.66. The van der Waals surface area contributed by atoms with E-state index in [9.17, 15) is 9.59 Å². The predicted molar refractivity (Wildman–Crippen MR) is 103 cm³/mol. The van der Waals surface area contributed by atoms with Crippen molar-refractivity contribution in [3.63, 3.8) is 0 Å². The molecule has 1 N–H and O–H groups in total. The molecule has 2 rings (SSSR count). The highest BCUT2D eigenvalue weighted by atomic mass is 16.5. The second-order valence-corrected chi connectivity index (χ2v) is 6.45. The molecule has 0 radical (unpaired) electrons. The Bertz CT molecular complexity index is 757. The van der Waals surface area contributed by atoms with Crippen molar-refractivity contribution in [3.05, 3.63) is 65.2 Å². The van der Waals surface area contributed by atoms with Gasteiger partial charge in [-0.3, -0.25) is 9.59 Å². The molecule has 0 aromatic heterocycles. The van der Waals surface area contributed by atoms with Gasteiger partial charge in [0.1, 0.15) is 5.75 Å². The maximum Gasteiger partial charge on any atom is 0.224 e. The number of benzene rings is 2. The van der Waals surface area contributed by atoms with Crippen molar-refractivity contribution >= 4 is 11.7 Å². The van der Waals surface area contributed by atoms with Gasteiger partial charge in [0, 0.05) is 17.7 Å². The van der Waals surface area contributed by atoms with Crippen molar-refractivity contribution in [1.29, 1.82) is 0 Å². The van der Waals surface area contributed by atoms with E-state index >= 15 is 0 Å². The predicted octanol–water partition coefficient (Wildman–Crippen LogP) is 2.86. The van der Waals surface area contributed by atoms with Crippen LogP contribution in [0.3, 0.4) is 0 Å². The van der Waals surface area contributed by atoms with Gasteiger partial charge >= 0.3 is 0 Å². The summed E-state index contributed by atoms with van der Waals surface area (Å²) in [5.41, 5.74) is 2.43. The summed E-state index contributed by atoms with van der Waals surface area (Å²) in [7, 11) is 5.54. The lowest BCUT2D eigenvalue weighted by molar-refractivity contribution is -0.120. The summed E-state index contributed by atoms with van der Waals surface area (Å²) in [4.78, 5) is 26.1. The minimum absolute atomic E-state index is 0.0361. The maximum atomic E-state index is 12.5.